The summed E-state index contributed by atoms with van der Waals surface area (Å²) in [7, 11) is 1.61. The van der Waals surface area contributed by atoms with Crippen LogP contribution in [0.25, 0.3) is 44.4 Å². The first-order valence-corrected chi connectivity index (χ1v) is 17.6. The van der Waals surface area contributed by atoms with Crippen LogP contribution in [0.2, 0.25) is 10.0 Å². The molecule has 2 aliphatic heterocycles. The summed E-state index contributed by atoms with van der Waals surface area (Å²) < 4.78 is 5.66. The molecule has 0 radical (unpaired) electrons. The summed E-state index contributed by atoms with van der Waals surface area (Å²) in [5.74, 6) is 0.743. The number of aromatic nitrogens is 2. The van der Waals surface area contributed by atoms with Crippen LogP contribution in [0.15, 0.2) is 79.0 Å². The van der Waals surface area contributed by atoms with Gasteiger partial charge in [-0.25, -0.2) is 4.98 Å². The van der Waals surface area contributed by atoms with Crippen molar-refractivity contribution < 1.29 is 14.3 Å². The highest BCUT2D eigenvalue weighted by Crippen LogP contribution is 2.42. The van der Waals surface area contributed by atoms with Crippen molar-refractivity contribution >= 4 is 45.9 Å². The first kappa shape index (κ1) is 33.9. The maximum Gasteiger partial charge on any atom is 0.220 e. The van der Waals surface area contributed by atoms with E-state index in [9.17, 15) is 9.59 Å². The molecule has 11 heteroatoms. The maximum absolute atomic E-state index is 11.5. The second-order valence-electron chi connectivity index (χ2n) is 12.8. The number of hydrogen-bond acceptors (Lipinski definition) is 7. The Hall–Kier alpha value is -4.54. The van der Waals surface area contributed by atoms with Gasteiger partial charge in [0.2, 0.25) is 17.7 Å². The van der Waals surface area contributed by atoms with Gasteiger partial charge in [-0.3, -0.25) is 14.6 Å². The van der Waals surface area contributed by atoms with E-state index in [1.807, 2.05) is 54.7 Å². The van der Waals surface area contributed by atoms with E-state index in [0.29, 0.717) is 54.1 Å². The Balaban J connectivity index is 1.08. The predicted octanol–water partition coefficient (Wildman–Crippen LogP) is 6.68. The lowest BCUT2D eigenvalue weighted by molar-refractivity contribution is -0.120. The van der Waals surface area contributed by atoms with Crippen LogP contribution < -0.4 is 26.0 Å². The van der Waals surface area contributed by atoms with Crippen molar-refractivity contribution in [3.05, 3.63) is 100 Å². The standard InChI is InChI=1S/C39H38Cl2N6O3/c1-50-39-25(19-43-22-28-12-15-36(49)46-28)10-13-33(47-39)32-7-3-6-31(38(32)41)30-5-2-4-29(37(30)40)26-17-24-9-8-23(16-34(24)44-20-26)18-42-21-27-11-14-35(48)45-27/h2-10,13,16-17,20,27-28,42-43H,11-12,14-15,18-19,21-22H2,1H3,(H,45,48)(H,46,49)/t27-,28-/m1/s1. The molecule has 7 rings (SSSR count). The zero-order valence-corrected chi connectivity index (χ0v) is 29.2. The van der Waals surface area contributed by atoms with Gasteiger partial charge in [0.05, 0.1) is 28.4 Å². The molecule has 2 aromatic heterocycles. The van der Waals surface area contributed by atoms with Crippen LogP contribution in [0.1, 0.15) is 36.8 Å². The molecule has 2 saturated heterocycles. The number of halogens is 2. The molecule has 2 atom stereocenters. The quantitative estimate of drug-likeness (QED) is 0.114. The smallest absolute Gasteiger partial charge is 0.220 e. The van der Waals surface area contributed by atoms with Crippen LogP contribution in [-0.2, 0) is 22.7 Å². The van der Waals surface area contributed by atoms with Gasteiger partial charge in [0.1, 0.15) is 0 Å². The van der Waals surface area contributed by atoms with Gasteiger partial charge in [0.15, 0.2) is 0 Å². The molecule has 50 heavy (non-hydrogen) atoms. The third-order valence-corrected chi connectivity index (χ3v) is 10.2. The topological polar surface area (TPSA) is 117 Å². The molecule has 0 unspecified atom stereocenters. The molecular formula is C39H38Cl2N6O3. The number of rotatable bonds is 12. The number of fused-ring (bicyclic) bond motifs is 1. The predicted molar refractivity (Wildman–Crippen MR) is 198 cm³/mol. The van der Waals surface area contributed by atoms with E-state index in [1.54, 1.807) is 7.11 Å². The van der Waals surface area contributed by atoms with Crippen molar-refractivity contribution in [2.45, 2.75) is 50.9 Å². The van der Waals surface area contributed by atoms with Gasteiger partial charge in [-0.15, -0.1) is 0 Å². The number of carbonyl (C=O) groups is 2. The van der Waals surface area contributed by atoms with Gasteiger partial charge in [0, 0.05) is 96.1 Å². The second-order valence-corrected chi connectivity index (χ2v) is 13.6. The number of ether oxygens (including phenoxy) is 1. The van der Waals surface area contributed by atoms with Crippen LogP contribution >= 0.6 is 23.2 Å². The molecule has 0 saturated carbocycles. The minimum absolute atomic E-state index is 0.103. The molecule has 256 valence electrons. The number of benzene rings is 3. The summed E-state index contributed by atoms with van der Waals surface area (Å²) >= 11 is 14.2. The molecule has 4 heterocycles. The Kier molecular flexibility index (Phi) is 10.3. The van der Waals surface area contributed by atoms with Crippen LogP contribution in [0.4, 0.5) is 0 Å². The van der Waals surface area contributed by atoms with Gasteiger partial charge in [0.25, 0.3) is 0 Å². The number of nitrogens with zero attached hydrogens (tertiary/aromatic N) is 2. The fourth-order valence-electron chi connectivity index (χ4n) is 6.69. The van der Waals surface area contributed by atoms with Crippen molar-refractivity contribution in [3.63, 3.8) is 0 Å². The first-order valence-electron chi connectivity index (χ1n) is 16.9. The van der Waals surface area contributed by atoms with Crippen LogP contribution in [0.5, 0.6) is 5.88 Å². The van der Waals surface area contributed by atoms with E-state index in [2.05, 4.69) is 45.5 Å². The van der Waals surface area contributed by atoms with Crippen LogP contribution in [-0.4, -0.2) is 54.1 Å². The van der Waals surface area contributed by atoms with E-state index in [0.717, 1.165) is 69.2 Å². The molecule has 4 N–H and O–H groups in total. The molecule has 0 spiro atoms. The van der Waals surface area contributed by atoms with E-state index >= 15 is 0 Å². The Labute approximate surface area is 301 Å². The number of carbonyl (C=O) groups excluding carboxylic acids is 2. The minimum Gasteiger partial charge on any atom is -0.481 e. The summed E-state index contributed by atoms with van der Waals surface area (Å²) in [6.45, 7) is 2.69. The second kappa shape index (κ2) is 15.1. The van der Waals surface area contributed by atoms with E-state index in [1.165, 1.54) is 0 Å². The van der Waals surface area contributed by atoms with Crippen molar-refractivity contribution in [2.75, 3.05) is 20.2 Å². The average molecular weight is 710 g/mol. The third-order valence-electron chi connectivity index (χ3n) is 9.35. The molecule has 9 nitrogen and oxygen atoms in total. The molecule has 3 aromatic carbocycles. The third kappa shape index (κ3) is 7.46. The monoisotopic (exact) mass is 708 g/mol. The van der Waals surface area contributed by atoms with E-state index in [4.69, 9.17) is 37.9 Å². The highest BCUT2D eigenvalue weighted by molar-refractivity contribution is 6.39. The van der Waals surface area contributed by atoms with Gasteiger partial charge in [-0.2, -0.15) is 0 Å². The number of nitrogens with one attached hydrogen (secondary N) is 4. The highest BCUT2D eigenvalue weighted by atomic mass is 35.5. The maximum atomic E-state index is 11.5. The number of methoxy groups -OCH3 is 1. The molecular weight excluding hydrogens is 671 g/mol. The zero-order chi connectivity index (χ0) is 34.6. The SMILES string of the molecule is COc1nc(-c2cccc(-c3cccc(-c4cnc5cc(CNC[C@H]6CCC(=O)N6)ccc5c4)c3Cl)c2Cl)ccc1CNC[C@H]1CCC(=O)N1. The molecule has 2 aliphatic rings. The molecule has 0 aliphatic carbocycles. The summed E-state index contributed by atoms with van der Waals surface area (Å²) in [6.07, 6.45) is 4.75. The lowest BCUT2D eigenvalue weighted by Gasteiger charge is -2.16. The highest BCUT2D eigenvalue weighted by Gasteiger charge is 2.22. The van der Waals surface area contributed by atoms with Gasteiger partial charge < -0.3 is 26.0 Å². The summed E-state index contributed by atoms with van der Waals surface area (Å²) in [5, 5.41) is 15.0. The fourth-order valence-corrected chi connectivity index (χ4v) is 7.35. The van der Waals surface area contributed by atoms with Gasteiger partial charge in [-0.05, 0) is 36.6 Å². The Bertz CT molecular complexity index is 2070. The summed E-state index contributed by atoms with van der Waals surface area (Å²) in [6, 6.07) is 24.4. The number of amides is 2. The van der Waals surface area contributed by atoms with Crippen LogP contribution in [0, 0.1) is 0 Å². The Morgan fingerprint density at radius 3 is 2.08 bits per heavy atom. The Morgan fingerprint density at radius 2 is 1.42 bits per heavy atom. The first-order chi connectivity index (χ1) is 24.4. The van der Waals surface area contributed by atoms with Crippen molar-refractivity contribution in [2.24, 2.45) is 0 Å². The van der Waals surface area contributed by atoms with E-state index < -0.39 is 0 Å². The average Bonchev–Trinajstić information content (AvgIpc) is 3.75. The molecule has 5 aromatic rings. The van der Waals surface area contributed by atoms with E-state index in [-0.39, 0.29) is 23.9 Å². The summed E-state index contributed by atoms with van der Waals surface area (Å²) in [4.78, 5) is 32.6. The summed E-state index contributed by atoms with van der Waals surface area (Å²) in [5.41, 5.74) is 7.77. The molecule has 0 bridgehead atoms. The van der Waals surface area contributed by atoms with Crippen molar-refractivity contribution in [1.29, 1.82) is 0 Å². The lowest BCUT2D eigenvalue weighted by Crippen LogP contribution is -2.35. The minimum atomic E-state index is 0.103. The normalized spacial score (nSPS) is 17.3. The number of pyridine rings is 2. The molecule has 2 amide bonds. The zero-order valence-electron chi connectivity index (χ0n) is 27.7. The molecule has 2 fully saturated rings. The van der Waals surface area contributed by atoms with Crippen molar-refractivity contribution in [3.8, 4) is 39.4 Å². The van der Waals surface area contributed by atoms with Gasteiger partial charge in [-0.1, -0.05) is 77.8 Å². The Morgan fingerprint density at radius 1 is 0.780 bits per heavy atom. The van der Waals surface area contributed by atoms with Gasteiger partial charge >= 0.3 is 0 Å². The fraction of sp³-hybridized carbons (Fsp3) is 0.282. The lowest BCUT2D eigenvalue weighted by atomic mass is 9.96. The van der Waals surface area contributed by atoms with Crippen LogP contribution in [0.3, 0.4) is 0 Å². The largest absolute Gasteiger partial charge is 0.481 e. The number of hydrogen-bond donors (Lipinski definition) is 4. The van der Waals surface area contributed by atoms with Crippen molar-refractivity contribution in [1.82, 2.24) is 31.2 Å².